The normalized spacial score (nSPS) is 17.0. The third-order valence-electron chi connectivity index (χ3n) is 5.28. The molecule has 28 heavy (non-hydrogen) atoms. The number of hydrogen-bond acceptors (Lipinski definition) is 7. The van der Waals surface area contributed by atoms with Crippen LogP contribution in [-0.4, -0.2) is 52.0 Å². The van der Waals surface area contributed by atoms with Crippen LogP contribution in [0.1, 0.15) is 12.8 Å². The van der Waals surface area contributed by atoms with Crippen molar-refractivity contribution in [1.29, 1.82) is 0 Å². The number of hydrogen-bond donors (Lipinski definition) is 1. The second-order valence-corrected chi connectivity index (χ2v) is 7.21. The van der Waals surface area contributed by atoms with Crippen molar-refractivity contribution in [3.05, 3.63) is 43.0 Å². The van der Waals surface area contributed by atoms with E-state index in [-0.39, 0.29) is 11.8 Å². The molecule has 1 aliphatic carbocycles. The molecule has 142 valence electrons. The number of pyridine rings is 2. The summed E-state index contributed by atoms with van der Waals surface area (Å²) in [6, 6.07) is 7.84. The molecule has 0 radical (unpaired) electrons. The van der Waals surface area contributed by atoms with Crippen LogP contribution in [0.5, 0.6) is 0 Å². The van der Waals surface area contributed by atoms with Crippen molar-refractivity contribution in [1.82, 2.24) is 19.9 Å². The highest BCUT2D eigenvalue weighted by molar-refractivity contribution is 5.93. The number of amides is 1. The van der Waals surface area contributed by atoms with Gasteiger partial charge in [-0.2, -0.15) is 0 Å². The molecule has 3 aromatic rings. The number of nitrogens with zero attached hydrogens (tertiary/aromatic N) is 6. The molecule has 3 aromatic heterocycles. The SMILES string of the molecule is O=C(Nc1ccc(N2CCN(c3ncnc4ncccc34)CC2)cn1)C1CC1. The number of fused-ring (bicyclic) bond motifs is 1. The molecule has 2 aliphatic rings. The second kappa shape index (κ2) is 7.03. The van der Waals surface area contributed by atoms with E-state index in [0.717, 1.165) is 61.6 Å². The van der Waals surface area contributed by atoms with Crippen molar-refractivity contribution in [2.45, 2.75) is 12.8 Å². The molecule has 0 bridgehead atoms. The van der Waals surface area contributed by atoms with E-state index in [1.165, 1.54) is 0 Å². The van der Waals surface area contributed by atoms with Gasteiger partial charge in [-0.25, -0.2) is 19.9 Å². The van der Waals surface area contributed by atoms with Crippen molar-refractivity contribution in [3.8, 4) is 0 Å². The first-order chi connectivity index (χ1) is 13.8. The van der Waals surface area contributed by atoms with Gasteiger partial charge in [0.05, 0.1) is 17.3 Å². The fourth-order valence-electron chi connectivity index (χ4n) is 3.53. The summed E-state index contributed by atoms with van der Waals surface area (Å²) in [6.07, 6.45) is 7.15. The van der Waals surface area contributed by atoms with E-state index in [0.29, 0.717) is 5.82 Å². The number of nitrogens with one attached hydrogen (secondary N) is 1. The van der Waals surface area contributed by atoms with Crippen LogP contribution < -0.4 is 15.1 Å². The van der Waals surface area contributed by atoms with Gasteiger partial charge < -0.3 is 15.1 Å². The maximum atomic E-state index is 11.8. The maximum Gasteiger partial charge on any atom is 0.228 e. The Morgan fingerprint density at radius 3 is 2.54 bits per heavy atom. The predicted octanol–water partition coefficient (Wildman–Crippen LogP) is 2.09. The first-order valence-electron chi connectivity index (χ1n) is 9.60. The first kappa shape index (κ1) is 16.9. The highest BCUT2D eigenvalue weighted by atomic mass is 16.2. The zero-order chi connectivity index (χ0) is 18.9. The Balaban J connectivity index is 1.25. The minimum Gasteiger partial charge on any atom is -0.367 e. The summed E-state index contributed by atoms with van der Waals surface area (Å²) in [7, 11) is 0. The van der Waals surface area contributed by atoms with Crippen molar-refractivity contribution >= 4 is 34.3 Å². The summed E-state index contributed by atoms with van der Waals surface area (Å²) in [5, 5.41) is 3.86. The summed E-state index contributed by atoms with van der Waals surface area (Å²) in [6.45, 7) is 3.48. The number of carbonyl (C=O) groups is 1. The number of carbonyl (C=O) groups excluding carboxylic acids is 1. The van der Waals surface area contributed by atoms with E-state index < -0.39 is 0 Å². The lowest BCUT2D eigenvalue weighted by Gasteiger charge is -2.36. The van der Waals surface area contributed by atoms with Gasteiger partial charge in [0.1, 0.15) is 18.0 Å². The molecule has 1 saturated carbocycles. The summed E-state index contributed by atoms with van der Waals surface area (Å²) >= 11 is 0. The lowest BCUT2D eigenvalue weighted by molar-refractivity contribution is -0.117. The molecule has 4 heterocycles. The zero-order valence-corrected chi connectivity index (χ0v) is 15.5. The van der Waals surface area contributed by atoms with Gasteiger partial charge in [0, 0.05) is 38.3 Å². The van der Waals surface area contributed by atoms with Crippen molar-refractivity contribution in [2.24, 2.45) is 5.92 Å². The average Bonchev–Trinajstić information content (AvgIpc) is 3.60. The Hall–Kier alpha value is -3.29. The summed E-state index contributed by atoms with van der Waals surface area (Å²) in [4.78, 5) is 33.9. The van der Waals surface area contributed by atoms with Crippen LogP contribution in [0.3, 0.4) is 0 Å². The molecular formula is C20H21N7O. The Morgan fingerprint density at radius 2 is 1.79 bits per heavy atom. The van der Waals surface area contributed by atoms with Crippen LogP contribution in [0.25, 0.3) is 11.0 Å². The minimum absolute atomic E-state index is 0.0837. The lowest BCUT2D eigenvalue weighted by atomic mass is 10.2. The molecule has 2 fully saturated rings. The van der Waals surface area contributed by atoms with Gasteiger partial charge in [-0.1, -0.05) is 0 Å². The molecule has 0 spiro atoms. The highest BCUT2D eigenvalue weighted by Crippen LogP contribution is 2.30. The Labute approximate surface area is 162 Å². The number of aromatic nitrogens is 4. The van der Waals surface area contributed by atoms with Crippen LogP contribution in [0.15, 0.2) is 43.0 Å². The molecule has 8 heteroatoms. The summed E-state index contributed by atoms with van der Waals surface area (Å²) < 4.78 is 0. The van der Waals surface area contributed by atoms with Gasteiger partial charge in [0.15, 0.2) is 5.65 Å². The van der Waals surface area contributed by atoms with Crippen LogP contribution in [-0.2, 0) is 4.79 Å². The highest BCUT2D eigenvalue weighted by Gasteiger charge is 2.29. The third-order valence-corrected chi connectivity index (χ3v) is 5.28. The molecule has 0 atom stereocenters. The van der Waals surface area contributed by atoms with E-state index >= 15 is 0 Å². The molecule has 1 amide bonds. The Morgan fingerprint density at radius 1 is 0.964 bits per heavy atom. The van der Waals surface area contributed by atoms with Crippen molar-refractivity contribution in [2.75, 3.05) is 41.3 Å². The van der Waals surface area contributed by atoms with E-state index in [4.69, 9.17) is 0 Å². The monoisotopic (exact) mass is 375 g/mol. The predicted molar refractivity (Wildman–Crippen MR) is 107 cm³/mol. The van der Waals surface area contributed by atoms with Crippen LogP contribution in [0, 0.1) is 5.92 Å². The summed E-state index contributed by atoms with van der Waals surface area (Å²) in [5.74, 6) is 1.83. The number of anilines is 3. The largest absolute Gasteiger partial charge is 0.367 e. The van der Waals surface area contributed by atoms with E-state index in [9.17, 15) is 4.79 Å². The number of rotatable bonds is 4. The van der Waals surface area contributed by atoms with Crippen LogP contribution >= 0.6 is 0 Å². The molecule has 0 unspecified atom stereocenters. The molecule has 1 saturated heterocycles. The maximum absolute atomic E-state index is 11.8. The van der Waals surface area contributed by atoms with Crippen LogP contribution in [0.2, 0.25) is 0 Å². The fourth-order valence-corrected chi connectivity index (χ4v) is 3.53. The van der Waals surface area contributed by atoms with E-state index in [1.807, 2.05) is 30.5 Å². The van der Waals surface area contributed by atoms with Gasteiger partial charge in [-0.15, -0.1) is 0 Å². The van der Waals surface area contributed by atoms with Crippen molar-refractivity contribution < 1.29 is 4.79 Å². The molecular weight excluding hydrogens is 354 g/mol. The molecule has 1 N–H and O–H groups in total. The molecule has 5 rings (SSSR count). The molecule has 8 nitrogen and oxygen atoms in total. The van der Waals surface area contributed by atoms with Crippen molar-refractivity contribution in [3.63, 3.8) is 0 Å². The standard InChI is InChI=1S/C20H21N7O/c28-20(14-3-4-14)25-17-6-5-15(12-22-17)26-8-10-27(11-9-26)19-16-2-1-7-21-18(16)23-13-24-19/h1-2,5-7,12-14H,3-4,8-11H2,(H,22,25,28). The van der Waals surface area contributed by atoms with Gasteiger partial charge in [-0.3, -0.25) is 4.79 Å². The van der Waals surface area contributed by atoms with Gasteiger partial charge in [0.25, 0.3) is 0 Å². The average molecular weight is 375 g/mol. The smallest absolute Gasteiger partial charge is 0.228 e. The van der Waals surface area contributed by atoms with Gasteiger partial charge in [0.2, 0.25) is 5.91 Å². The lowest BCUT2D eigenvalue weighted by Crippen LogP contribution is -2.47. The number of piperazine rings is 1. The van der Waals surface area contributed by atoms with E-state index in [2.05, 4.69) is 35.1 Å². The van der Waals surface area contributed by atoms with Gasteiger partial charge in [-0.05, 0) is 37.1 Å². The quantitative estimate of drug-likeness (QED) is 0.747. The molecule has 1 aliphatic heterocycles. The van der Waals surface area contributed by atoms with E-state index in [1.54, 1.807) is 12.5 Å². The third kappa shape index (κ3) is 3.33. The minimum atomic E-state index is 0.0837. The Kier molecular flexibility index (Phi) is 4.23. The zero-order valence-electron chi connectivity index (χ0n) is 15.5. The second-order valence-electron chi connectivity index (χ2n) is 7.21. The first-order valence-corrected chi connectivity index (χ1v) is 9.60. The topological polar surface area (TPSA) is 87.1 Å². The van der Waals surface area contributed by atoms with Crippen LogP contribution in [0.4, 0.5) is 17.3 Å². The van der Waals surface area contributed by atoms with Gasteiger partial charge >= 0.3 is 0 Å². The molecule has 0 aromatic carbocycles. The summed E-state index contributed by atoms with van der Waals surface area (Å²) in [5.41, 5.74) is 1.79. The Bertz CT molecular complexity index is 990. The fraction of sp³-hybridized carbons (Fsp3) is 0.350.